The van der Waals surface area contributed by atoms with Gasteiger partial charge >= 0.3 is 0 Å². The van der Waals surface area contributed by atoms with E-state index < -0.39 is 0 Å². The lowest BCUT2D eigenvalue weighted by molar-refractivity contribution is -0.0625. The van der Waals surface area contributed by atoms with Crippen LogP contribution in [0.1, 0.15) is 49.3 Å². The van der Waals surface area contributed by atoms with Gasteiger partial charge in [0.1, 0.15) is 11.4 Å². The summed E-state index contributed by atoms with van der Waals surface area (Å²) in [6.45, 7) is 5.90. The zero-order valence-electron chi connectivity index (χ0n) is 16.1. The molecule has 1 aromatic heterocycles. The summed E-state index contributed by atoms with van der Waals surface area (Å²) in [7, 11) is 1.77. The van der Waals surface area contributed by atoms with Gasteiger partial charge in [-0.2, -0.15) is 0 Å². The van der Waals surface area contributed by atoms with E-state index in [0.29, 0.717) is 6.04 Å². The van der Waals surface area contributed by atoms with Gasteiger partial charge in [-0.15, -0.1) is 10.2 Å². The van der Waals surface area contributed by atoms with Crippen LogP contribution in [0.25, 0.3) is 17.3 Å². The minimum Gasteiger partial charge on any atom is -0.507 e. The van der Waals surface area contributed by atoms with Crippen LogP contribution in [0.4, 0.5) is 5.82 Å². The van der Waals surface area contributed by atoms with Crippen molar-refractivity contribution in [1.82, 2.24) is 10.2 Å². The predicted molar refractivity (Wildman–Crippen MR) is 108 cm³/mol. The number of methoxy groups -OCH3 is 1. The van der Waals surface area contributed by atoms with Crippen molar-refractivity contribution in [2.75, 3.05) is 12.4 Å². The Kier molecular flexibility index (Phi) is 4.64. The van der Waals surface area contributed by atoms with E-state index in [0.717, 1.165) is 61.2 Å². The molecule has 27 heavy (non-hydrogen) atoms. The van der Waals surface area contributed by atoms with Crippen LogP contribution in [0.15, 0.2) is 24.8 Å². The third kappa shape index (κ3) is 3.32. The third-order valence-corrected chi connectivity index (χ3v) is 5.99. The molecular formula is C22H27N3O2. The second-order valence-electron chi connectivity index (χ2n) is 7.95. The second kappa shape index (κ2) is 6.97. The summed E-state index contributed by atoms with van der Waals surface area (Å²) in [4.78, 5) is 0. The summed E-state index contributed by atoms with van der Waals surface area (Å²) in [5.41, 5.74) is 4.89. The van der Waals surface area contributed by atoms with Crippen molar-refractivity contribution in [3.8, 4) is 17.0 Å². The lowest BCUT2D eigenvalue weighted by Gasteiger charge is -2.44. The molecule has 0 amide bonds. The van der Waals surface area contributed by atoms with Crippen LogP contribution in [-0.4, -0.2) is 34.1 Å². The molecule has 0 radical (unpaired) electrons. The van der Waals surface area contributed by atoms with Gasteiger partial charge in [-0.05, 0) is 68.7 Å². The van der Waals surface area contributed by atoms with Gasteiger partial charge in [0.2, 0.25) is 0 Å². The Hall–Kier alpha value is -2.40. The molecule has 2 N–H and O–H groups in total. The topological polar surface area (TPSA) is 67.3 Å². The molecule has 0 saturated heterocycles. The number of rotatable bonds is 5. The third-order valence-electron chi connectivity index (χ3n) is 5.99. The van der Waals surface area contributed by atoms with Gasteiger partial charge in [-0.1, -0.05) is 18.7 Å². The molecule has 2 aliphatic rings. The summed E-state index contributed by atoms with van der Waals surface area (Å²) in [5.74, 6) is 1.13. The first-order valence-corrected chi connectivity index (χ1v) is 9.69. The SMILES string of the molecule is C=Cc1ccc(-c2nnc(NC3CC(C)(OC)C3)c3c2CCCC3)c(O)c1. The molecular weight excluding hydrogens is 338 g/mol. The maximum absolute atomic E-state index is 10.5. The largest absolute Gasteiger partial charge is 0.507 e. The fourth-order valence-corrected chi connectivity index (χ4v) is 4.30. The highest BCUT2D eigenvalue weighted by Gasteiger charge is 2.41. The van der Waals surface area contributed by atoms with Crippen molar-refractivity contribution < 1.29 is 9.84 Å². The van der Waals surface area contributed by atoms with E-state index in [9.17, 15) is 5.11 Å². The molecule has 4 rings (SSSR count). The van der Waals surface area contributed by atoms with Crippen LogP contribution in [0.5, 0.6) is 5.75 Å². The molecule has 0 bridgehead atoms. The van der Waals surface area contributed by atoms with Gasteiger partial charge in [0.25, 0.3) is 0 Å². The van der Waals surface area contributed by atoms with Crippen molar-refractivity contribution in [3.05, 3.63) is 41.5 Å². The predicted octanol–water partition coefficient (Wildman–Crippen LogP) is 4.35. The van der Waals surface area contributed by atoms with E-state index in [4.69, 9.17) is 4.74 Å². The maximum atomic E-state index is 10.5. The van der Waals surface area contributed by atoms with Gasteiger partial charge in [-0.25, -0.2) is 0 Å². The number of aromatic nitrogens is 2. The summed E-state index contributed by atoms with van der Waals surface area (Å²) >= 11 is 0. The molecule has 0 unspecified atom stereocenters. The standard InChI is InChI=1S/C22H27N3O2/c1-4-14-9-10-18(19(26)11-14)20-16-7-5-6-8-17(16)21(25-24-20)23-15-12-22(2,13-15)27-3/h4,9-11,15,26H,1,5-8,12-13H2,2-3H3,(H,23,25). The van der Waals surface area contributed by atoms with Crippen molar-refractivity contribution in [2.24, 2.45) is 0 Å². The lowest BCUT2D eigenvalue weighted by Crippen LogP contribution is -2.50. The highest BCUT2D eigenvalue weighted by atomic mass is 16.5. The molecule has 2 aromatic rings. The Balaban J connectivity index is 1.66. The van der Waals surface area contributed by atoms with Gasteiger partial charge in [-0.3, -0.25) is 0 Å². The number of hydrogen-bond acceptors (Lipinski definition) is 5. The highest BCUT2D eigenvalue weighted by molar-refractivity contribution is 5.74. The average Bonchev–Trinajstić information content (AvgIpc) is 2.67. The molecule has 0 aliphatic heterocycles. The van der Waals surface area contributed by atoms with E-state index in [1.54, 1.807) is 19.3 Å². The van der Waals surface area contributed by atoms with Crippen LogP contribution in [0.3, 0.4) is 0 Å². The quantitative estimate of drug-likeness (QED) is 0.824. The molecule has 1 aromatic carbocycles. The Morgan fingerprint density at radius 2 is 1.96 bits per heavy atom. The molecule has 1 fully saturated rings. The molecule has 1 saturated carbocycles. The van der Waals surface area contributed by atoms with Crippen molar-refractivity contribution in [1.29, 1.82) is 0 Å². The minimum atomic E-state index is -0.0240. The first kappa shape index (κ1) is 18.0. The van der Waals surface area contributed by atoms with Gasteiger partial charge in [0, 0.05) is 24.3 Å². The van der Waals surface area contributed by atoms with Gasteiger partial charge in [0.15, 0.2) is 5.82 Å². The minimum absolute atomic E-state index is 0.0240. The zero-order valence-corrected chi connectivity index (χ0v) is 16.1. The molecule has 5 heteroatoms. The fraction of sp³-hybridized carbons (Fsp3) is 0.455. The van der Waals surface area contributed by atoms with Crippen LogP contribution >= 0.6 is 0 Å². The normalized spacial score (nSPS) is 24.0. The number of hydrogen-bond donors (Lipinski definition) is 2. The Morgan fingerprint density at radius 3 is 2.63 bits per heavy atom. The Bertz CT molecular complexity index is 872. The van der Waals surface area contributed by atoms with Crippen molar-refractivity contribution in [3.63, 3.8) is 0 Å². The average molecular weight is 365 g/mol. The summed E-state index contributed by atoms with van der Waals surface area (Å²) in [6.07, 6.45) is 7.95. The number of phenols is 1. The molecule has 2 aliphatic carbocycles. The van der Waals surface area contributed by atoms with Gasteiger partial charge < -0.3 is 15.2 Å². The van der Waals surface area contributed by atoms with Crippen LogP contribution in [0.2, 0.25) is 0 Å². The van der Waals surface area contributed by atoms with Crippen molar-refractivity contribution >= 4 is 11.9 Å². The van der Waals surface area contributed by atoms with Crippen LogP contribution in [-0.2, 0) is 17.6 Å². The number of aromatic hydroxyl groups is 1. The van der Waals surface area contributed by atoms with E-state index in [2.05, 4.69) is 29.0 Å². The van der Waals surface area contributed by atoms with Gasteiger partial charge in [0.05, 0.1) is 5.60 Å². The zero-order chi connectivity index (χ0) is 19.0. The number of ether oxygens (including phenoxy) is 1. The fourth-order valence-electron chi connectivity index (χ4n) is 4.30. The van der Waals surface area contributed by atoms with E-state index in [-0.39, 0.29) is 11.4 Å². The number of phenolic OH excluding ortho intramolecular Hbond substituents is 1. The molecule has 0 atom stereocenters. The summed E-state index contributed by atoms with van der Waals surface area (Å²) in [5, 5.41) is 23.1. The maximum Gasteiger partial charge on any atom is 0.152 e. The molecule has 1 heterocycles. The lowest BCUT2D eigenvalue weighted by atomic mass is 9.77. The first-order valence-electron chi connectivity index (χ1n) is 9.69. The van der Waals surface area contributed by atoms with E-state index in [1.807, 2.05) is 12.1 Å². The van der Waals surface area contributed by atoms with E-state index in [1.165, 1.54) is 11.1 Å². The first-order chi connectivity index (χ1) is 13.0. The summed E-state index contributed by atoms with van der Waals surface area (Å²) in [6, 6.07) is 5.96. The highest BCUT2D eigenvalue weighted by Crippen LogP contribution is 2.40. The number of benzene rings is 1. The van der Waals surface area contributed by atoms with Crippen molar-refractivity contribution in [2.45, 2.75) is 57.1 Å². The number of nitrogens with one attached hydrogen (secondary N) is 1. The Labute approximate surface area is 160 Å². The Morgan fingerprint density at radius 1 is 1.22 bits per heavy atom. The smallest absolute Gasteiger partial charge is 0.152 e. The monoisotopic (exact) mass is 365 g/mol. The number of nitrogens with zero attached hydrogens (tertiary/aromatic N) is 2. The molecule has 142 valence electrons. The molecule has 5 nitrogen and oxygen atoms in total. The second-order valence-corrected chi connectivity index (χ2v) is 7.95. The van der Waals surface area contributed by atoms with Crippen LogP contribution < -0.4 is 5.32 Å². The number of fused-ring (bicyclic) bond motifs is 1. The number of anilines is 1. The van der Waals surface area contributed by atoms with E-state index >= 15 is 0 Å². The summed E-state index contributed by atoms with van der Waals surface area (Å²) < 4.78 is 5.55. The van der Waals surface area contributed by atoms with Crippen LogP contribution in [0, 0.1) is 0 Å². The molecule has 0 spiro atoms.